The van der Waals surface area contributed by atoms with Crippen molar-refractivity contribution in [2.45, 2.75) is 13.8 Å². The number of hydrogen-bond acceptors (Lipinski definition) is 2. The van der Waals surface area contributed by atoms with Crippen LogP contribution in [-0.2, 0) is 4.79 Å². The Morgan fingerprint density at radius 2 is 2.00 bits per heavy atom. The molecule has 3 heteroatoms. The Bertz CT molecular complexity index is 107. The van der Waals surface area contributed by atoms with E-state index in [2.05, 4.69) is 0 Å². The van der Waals surface area contributed by atoms with Crippen molar-refractivity contribution in [1.29, 1.82) is 0 Å². The topological polar surface area (TPSA) is 40.1 Å². The van der Waals surface area contributed by atoms with Crippen LogP contribution in [0.15, 0.2) is 11.6 Å². The Kier molecular flexibility index (Phi) is 7.40. The van der Waals surface area contributed by atoms with Gasteiger partial charge in [0, 0.05) is 0 Å². The van der Waals surface area contributed by atoms with E-state index in [0.717, 1.165) is 0 Å². The molecule has 0 heterocycles. The van der Waals surface area contributed by atoms with Crippen molar-refractivity contribution in [3.63, 3.8) is 0 Å². The first-order valence-electron chi connectivity index (χ1n) is 2.02. The molecule has 0 spiro atoms. The predicted molar refractivity (Wildman–Crippen MR) is 24.4 cm³/mol. The third-order valence-corrected chi connectivity index (χ3v) is 0.755. The molecule has 40 valence electrons. The molecular formula is C5H7NaO2. The van der Waals surface area contributed by atoms with Gasteiger partial charge < -0.3 is 9.90 Å². The summed E-state index contributed by atoms with van der Waals surface area (Å²) in [6.45, 7) is 3.15. The summed E-state index contributed by atoms with van der Waals surface area (Å²) in [5, 5.41) is 9.75. The van der Waals surface area contributed by atoms with Crippen LogP contribution in [0.2, 0.25) is 0 Å². The zero-order valence-electron chi connectivity index (χ0n) is 5.39. The van der Waals surface area contributed by atoms with Gasteiger partial charge in [0.05, 0.1) is 5.97 Å². The number of carbonyl (C=O) groups excluding carboxylic acids is 1. The Morgan fingerprint density at radius 3 is 2.00 bits per heavy atom. The van der Waals surface area contributed by atoms with Crippen LogP contribution >= 0.6 is 0 Å². The minimum absolute atomic E-state index is 0. The normalized spacial score (nSPS) is 10.0. The summed E-state index contributed by atoms with van der Waals surface area (Å²) in [5.74, 6) is -1.09. The summed E-state index contributed by atoms with van der Waals surface area (Å²) in [7, 11) is 0. The Balaban J connectivity index is 0. The molecule has 2 nitrogen and oxygen atoms in total. The van der Waals surface area contributed by atoms with Gasteiger partial charge in [-0.15, -0.1) is 0 Å². The van der Waals surface area contributed by atoms with Crippen LogP contribution in [0.3, 0.4) is 0 Å². The summed E-state index contributed by atoms with van der Waals surface area (Å²) in [6.07, 6.45) is 1.50. The molecule has 0 bridgehead atoms. The van der Waals surface area contributed by atoms with Gasteiger partial charge in [-0.3, -0.25) is 0 Å². The first-order chi connectivity index (χ1) is 3.18. The number of rotatable bonds is 1. The average Bonchev–Trinajstić information content (AvgIpc) is 1.65. The maximum atomic E-state index is 9.75. The van der Waals surface area contributed by atoms with Crippen LogP contribution < -0.4 is 34.7 Å². The molecule has 0 saturated carbocycles. The summed E-state index contributed by atoms with van der Waals surface area (Å²) < 4.78 is 0. The van der Waals surface area contributed by atoms with E-state index in [1.807, 2.05) is 0 Å². The van der Waals surface area contributed by atoms with Gasteiger partial charge in [0.1, 0.15) is 0 Å². The molecule has 0 radical (unpaired) electrons. The number of carboxylic acids is 1. The fourth-order valence-corrected chi connectivity index (χ4v) is 0.118. The number of carboxylic acid groups (broad SMARTS) is 1. The molecule has 0 unspecified atom stereocenters. The molecule has 0 aromatic rings. The second-order valence-corrected chi connectivity index (χ2v) is 1.26. The fraction of sp³-hybridized carbons (Fsp3) is 0.400. The van der Waals surface area contributed by atoms with E-state index in [1.165, 1.54) is 13.0 Å². The van der Waals surface area contributed by atoms with Gasteiger partial charge in [0.2, 0.25) is 0 Å². The van der Waals surface area contributed by atoms with Crippen LogP contribution in [0.5, 0.6) is 0 Å². The first-order valence-corrected chi connectivity index (χ1v) is 2.02. The number of hydrogen-bond donors (Lipinski definition) is 0. The zero-order chi connectivity index (χ0) is 5.86. The average molecular weight is 122 g/mol. The fourth-order valence-electron chi connectivity index (χ4n) is 0.118. The van der Waals surface area contributed by atoms with E-state index in [0.29, 0.717) is 0 Å². The quantitative estimate of drug-likeness (QED) is 0.270. The van der Waals surface area contributed by atoms with Gasteiger partial charge in [-0.1, -0.05) is 6.08 Å². The van der Waals surface area contributed by atoms with E-state index in [9.17, 15) is 9.90 Å². The van der Waals surface area contributed by atoms with Crippen LogP contribution in [-0.4, -0.2) is 5.97 Å². The van der Waals surface area contributed by atoms with Crippen molar-refractivity contribution in [2.24, 2.45) is 0 Å². The molecule has 0 aliphatic carbocycles. The van der Waals surface area contributed by atoms with Crippen molar-refractivity contribution in [1.82, 2.24) is 0 Å². The van der Waals surface area contributed by atoms with Crippen molar-refractivity contribution in [3.05, 3.63) is 11.6 Å². The molecule has 0 N–H and O–H groups in total. The third kappa shape index (κ3) is 4.37. The molecule has 0 aliphatic rings. The van der Waals surface area contributed by atoms with E-state index in [1.54, 1.807) is 6.92 Å². The van der Waals surface area contributed by atoms with Crippen LogP contribution in [0.1, 0.15) is 13.8 Å². The molecule has 0 amide bonds. The minimum Gasteiger partial charge on any atom is -0.545 e. The van der Waals surface area contributed by atoms with Crippen LogP contribution in [0, 0.1) is 0 Å². The summed E-state index contributed by atoms with van der Waals surface area (Å²) in [4.78, 5) is 9.75. The minimum atomic E-state index is -1.09. The number of aliphatic carboxylic acids is 1. The predicted octanol–water partition coefficient (Wildman–Crippen LogP) is -3.29. The van der Waals surface area contributed by atoms with Crippen LogP contribution in [0.4, 0.5) is 0 Å². The van der Waals surface area contributed by atoms with Crippen molar-refractivity contribution in [2.75, 3.05) is 0 Å². The number of allylic oxidation sites excluding steroid dienone is 1. The maximum absolute atomic E-state index is 9.75. The largest absolute Gasteiger partial charge is 1.00 e. The zero-order valence-corrected chi connectivity index (χ0v) is 7.39. The van der Waals surface area contributed by atoms with Gasteiger partial charge in [-0.05, 0) is 19.4 Å². The van der Waals surface area contributed by atoms with E-state index >= 15 is 0 Å². The van der Waals surface area contributed by atoms with Gasteiger partial charge >= 0.3 is 29.6 Å². The van der Waals surface area contributed by atoms with E-state index in [-0.39, 0.29) is 35.1 Å². The van der Waals surface area contributed by atoms with Crippen molar-refractivity contribution in [3.8, 4) is 0 Å². The molecule has 0 aromatic carbocycles. The Labute approximate surface area is 70.9 Å². The molecule has 0 atom stereocenters. The summed E-state index contributed by atoms with van der Waals surface area (Å²) >= 11 is 0. The van der Waals surface area contributed by atoms with E-state index < -0.39 is 5.97 Å². The summed E-state index contributed by atoms with van der Waals surface area (Å²) in [6, 6.07) is 0. The van der Waals surface area contributed by atoms with Crippen molar-refractivity contribution < 1.29 is 39.5 Å². The van der Waals surface area contributed by atoms with Crippen LogP contribution in [0.25, 0.3) is 0 Å². The van der Waals surface area contributed by atoms with Gasteiger partial charge in [0.25, 0.3) is 0 Å². The second-order valence-electron chi connectivity index (χ2n) is 1.26. The molecule has 0 aliphatic heterocycles. The van der Waals surface area contributed by atoms with Gasteiger partial charge in [0.15, 0.2) is 0 Å². The number of carbonyl (C=O) groups is 1. The monoisotopic (exact) mass is 122 g/mol. The van der Waals surface area contributed by atoms with Gasteiger partial charge in [-0.2, -0.15) is 0 Å². The van der Waals surface area contributed by atoms with E-state index in [4.69, 9.17) is 0 Å². The molecule has 0 rings (SSSR count). The maximum Gasteiger partial charge on any atom is 1.00 e. The molecular weight excluding hydrogens is 115 g/mol. The first kappa shape index (κ1) is 11.1. The van der Waals surface area contributed by atoms with Crippen molar-refractivity contribution >= 4 is 5.97 Å². The summed E-state index contributed by atoms with van der Waals surface area (Å²) in [5.41, 5.74) is 0.278. The standard InChI is InChI=1S/C5H8O2.Na/c1-3-4(2)5(6)7;/h3H,1-2H3,(H,6,7);/q;+1/p-1/b4-3-;. The third-order valence-electron chi connectivity index (χ3n) is 0.755. The molecule has 8 heavy (non-hydrogen) atoms. The molecule has 0 aromatic heterocycles. The smallest absolute Gasteiger partial charge is 0.545 e. The SMILES string of the molecule is C/C=C(/C)C(=O)[O-].[Na+]. The second kappa shape index (κ2) is 5.35. The Hall–Kier alpha value is 0.210. The van der Waals surface area contributed by atoms with Gasteiger partial charge in [-0.25, -0.2) is 0 Å². The Morgan fingerprint density at radius 1 is 1.62 bits per heavy atom. The molecule has 0 fully saturated rings. The molecule has 0 saturated heterocycles.